The maximum Gasteiger partial charge on any atom is 0.422 e. The molecule has 11 heteroatoms. The van der Waals surface area contributed by atoms with Gasteiger partial charge in [0.15, 0.2) is 23.3 Å². The Morgan fingerprint density at radius 3 is 2.06 bits per heavy atom. The molecule has 3 N–H and O–H groups in total. The molecule has 0 atom stereocenters. The molecule has 0 saturated carbocycles. The van der Waals surface area contributed by atoms with Crippen molar-refractivity contribution in [1.82, 2.24) is 0 Å². The monoisotopic (exact) mass is 548 g/mol. The fraction of sp³-hybridized carbons (Fsp3) is 0.174. The molecule has 0 heterocycles. The number of alkyl halides is 3. The summed E-state index contributed by atoms with van der Waals surface area (Å²) in [5.74, 6) is -11.1. The van der Waals surface area contributed by atoms with E-state index in [1.54, 1.807) is 23.5 Å². The lowest BCUT2D eigenvalue weighted by molar-refractivity contribution is -0.143. The Hall–Kier alpha value is -2.92. The molecule has 34 heavy (non-hydrogen) atoms. The van der Waals surface area contributed by atoms with E-state index >= 15 is 0 Å². The smallest absolute Gasteiger partial charge is 0.326 e. The Bertz CT molecular complexity index is 1220. The van der Waals surface area contributed by atoms with Crippen LogP contribution in [-0.2, 0) is 30.4 Å². The van der Waals surface area contributed by atoms with Crippen LogP contribution in [0.5, 0.6) is 0 Å². The van der Waals surface area contributed by atoms with Crippen LogP contribution in [0.25, 0.3) is 0 Å². The first-order chi connectivity index (χ1) is 15.9. The van der Waals surface area contributed by atoms with Gasteiger partial charge in [-0.15, -0.1) is 0 Å². The molecule has 3 aromatic carbocycles. The van der Waals surface area contributed by atoms with Gasteiger partial charge in [0, 0.05) is 11.0 Å². The largest absolute Gasteiger partial charge is 0.422 e. The van der Waals surface area contributed by atoms with Crippen LogP contribution in [-0.4, -0.2) is 5.91 Å². The highest BCUT2D eigenvalue weighted by Crippen LogP contribution is 2.38. The van der Waals surface area contributed by atoms with E-state index in [0.717, 1.165) is 15.6 Å². The molecule has 3 nitrogen and oxygen atoms in total. The summed E-state index contributed by atoms with van der Waals surface area (Å²) >= 11 is 3.43. The van der Waals surface area contributed by atoms with E-state index < -0.39 is 53.0 Å². The molecule has 180 valence electrons. The lowest BCUT2D eigenvalue weighted by Gasteiger charge is -2.15. The molecule has 0 aliphatic rings. The minimum Gasteiger partial charge on any atom is -0.326 e. The summed E-state index contributed by atoms with van der Waals surface area (Å²) in [5, 5.41) is 1.63. The number of hydrogen-bond donors (Lipinski definition) is 2. The summed E-state index contributed by atoms with van der Waals surface area (Å²) in [6.45, 7) is 0.0180. The maximum atomic E-state index is 14.1. The van der Waals surface area contributed by atoms with Gasteiger partial charge >= 0.3 is 6.18 Å². The number of rotatable bonds is 6. The van der Waals surface area contributed by atoms with Crippen LogP contribution in [0.3, 0.4) is 0 Å². The maximum absolute atomic E-state index is 14.1. The van der Waals surface area contributed by atoms with E-state index in [9.17, 15) is 35.5 Å². The molecule has 3 aromatic rings. The van der Waals surface area contributed by atoms with E-state index in [0.29, 0.717) is 17.5 Å². The van der Waals surface area contributed by atoms with Gasteiger partial charge in [-0.05, 0) is 34.7 Å². The first-order valence-corrected chi connectivity index (χ1v) is 10.5. The van der Waals surface area contributed by atoms with Crippen LogP contribution >= 0.6 is 15.9 Å². The number of nitrogens with one attached hydrogen (secondary N) is 1. The molecule has 0 bridgehead atoms. The molecule has 0 fully saturated rings. The second kappa shape index (κ2) is 10.1. The van der Waals surface area contributed by atoms with Crippen molar-refractivity contribution in [2.24, 2.45) is 5.73 Å². The highest BCUT2D eigenvalue weighted by atomic mass is 79.9. The lowest BCUT2D eigenvalue weighted by Crippen LogP contribution is -2.22. The van der Waals surface area contributed by atoms with Crippen LogP contribution in [0.2, 0.25) is 0 Å². The van der Waals surface area contributed by atoms with Crippen LogP contribution in [0.1, 0.15) is 27.8 Å². The van der Waals surface area contributed by atoms with Gasteiger partial charge in [-0.3, -0.25) is 4.79 Å². The molecule has 0 aromatic heterocycles. The number of benzene rings is 3. The van der Waals surface area contributed by atoms with Crippen LogP contribution in [0.15, 0.2) is 46.9 Å². The lowest BCUT2D eigenvalue weighted by atomic mass is 9.97. The van der Waals surface area contributed by atoms with Crippen molar-refractivity contribution in [2.75, 3.05) is 5.32 Å². The molecular formula is C23H16BrF7N2O. The Morgan fingerprint density at radius 1 is 0.882 bits per heavy atom. The van der Waals surface area contributed by atoms with Crippen molar-refractivity contribution < 1.29 is 35.5 Å². The fourth-order valence-electron chi connectivity index (χ4n) is 3.36. The molecule has 0 aliphatic heterocycles. The standard InChI is InChI=1S/C23H16BrF7N2O/c24-15-4-2-1-3-12(15)7-11-5-6-13(10-32)14(8-11)9-16(34)33-22-20(27)18(25)17(23(29,30)31)19(26)21(22)28/h1-6,8H,7,9-10,32H2,(H,33,34). The van der Waals surface area contributed by atoms with Crippen molar-refractivity contribution in [1.29, 1.82) is 0 Å². The second-order valence-electron chi connectivity index (χ2n) is 7.30. The van der Waals surface area contributed by atoms with E-state index in [2.05, 4.69) is 15.9 Å². The first kappa shape index (κ1) is 25.7. The SMILES string of the molecule is NCc1ccc(Cc2ccccc2Br)cc1CC(=O)Nc1c(F)c(F)c(C(F)(F)F)c(F)c1F. The number of halogens is 8. The first-order valence-electron chi connectivity index (χ1n) is 9.71. The van der Waals surface area contributed by atoms with Gasteiger partial charge in [-0.2, -0.15) is 13.2 Å². The van der Waals surface area contributed by atoms with Gasteiger partial charge in [0.2, 0.25) is 5.91 Å². The summed E-state index contributed by atoms with van der Waals surface area (Å²) in [7, 11) is 0. The minimum absolute atomic E-state index is 0.0180. The van der Waals surface area contributed by atoms with Gasteiger partial charge in [-0.1, -0.05) is 52.3 Å². The predicted molar refractivity (Wildman–Crippen MR) is 115 cm³/mol. The summed E-state index contributed by atoms with van der Waals surface area (Å²) in [6, 6.07) is 12.5. The number of carbonyl (C=O) groups excluding carboxylic acids is 1. The number of amides is 1. The van der Waals surface area contributed by atoms with E-state index in [-0.39, 0.29) is 6.54 Å². The zero-order chi connectivity index (χ0) is 25.2. The van der Waals surface area contributed by atoms with Crippen molar-refractivity contribution in [3.8, 4) is 0 Å². The van der Waals surface area contributed by atoms with Crippen LogP contribution < -0.4 is 11.1 Å². The summed E-state index contributed by atoms with van der Waals surface area (Å²) in [6.07, 6.45) is -5.71. The average molecular weight is 549 g/mol. The minimum atomic E-state index is -5.68. The predicted octanol–water partition coefficient (Wildman–Crippen LogP) is 6.26. The zero-order valence-electron chi connectivity index (χ0n) is 17.2. The Kier molecular flexibility index (Phi) is 7.67. The number of carbonyl (C=O) groups is 1. The summed E-state index contributed by atoms with van der Waals surface area (Å²) < 4.78 is 94.9. The third kappa shape index (κ3) is 5.41. The second-order valence-corrected chi connectivity index (χ2v) is 8.16. The summed E-state index contributed by atoms with van der Waals surface area (Å²) in [4.78, 5) is 12.4. The quantitative estimate of drug-likeness (QED) is 0.282. The van der Waals surface area contributed by atoms with Gasteiger partial charge in [-0.25, -0.2) is 17.6 Å². The van der Waals surface area contributed by atoms with Crippen LogP contribution in [0.4, 0.5) is 36.4 Å². The van der Waals surface area contributed by atoms with Crippen molar-refractivity contribution in [3.63, 3.8) is 0 Å². The topological polar surface area (TPSA) is 55.1 Å². The molecule has 0 radical (unpaired) electrons. The molecular weight excluding hydrogens is 533 g/mol. The van der Waals surface area contributed by atoms with E-state index in [4.69, 9.17) is 5.73 Å². The van der Waals surface area contributed by atoms with Crippen molar-refractivity contribution in [3.05, 3.63) is 98.0 Å². The number of anilines is 1. The Labute approximate surface area is 197 Å². The average Bonchev–Trinajstić information content (AvgIpc) is 2.76. The molecule has 0 spiro atoms. The van der Waals surface area contributed by atoms with E-state index in [1.165, 1.54) is 0 Å². The highest BCUT2D eigenvalue weighted by Gasteiger charge is 2.42. The van der Waals surface area contributed by atoms with Gasteiger partial charge in [0.25, 0.3) is 0 Å². The van der Waals surface area contributed by atoms with Crippen LogP contribution in [0, 0.1) is 23.3 Å². The summed E-state index contributed by atoms with van der Waals surface area (Å²) in [5.41, 5.74) is 3.94. The Balaban J connectivity index is 1.88. The zero-order valence-corrected chi connectivity index (χ0v) is 18.8. The molecule has 0 aliphatic carbocycles. The van der Waals surface area contributed by atoms with Crippen molar-refractivity contribution in [2.45, 2.75) is 25.6 Å². The van der Waals surface area contributed by atoms with Gasteiger partial charge in [0.05, 0.1) is 6.42 Å². The van der Waals surface area contributed by atoms with Gasteiger partial charge < -0.3 is 11.1 Å². The molecule has 0 saturated heterocycles. The number of hydrogen-bond acceptors (Lipinski definition) is 2. The number of nitrogens with two attached hydrogens (primary N) is 1. The van der Waals surface area contributed by atoms with Crippen molar-refractivity contribution >= 4 is 27.5 Å². The highest BCUT2D eigenvalue weighted by molar-refractivity contribution is 9.10. The van der Waals surface area contributed by atoms with Gasteiger partial charge in [0.1, 0.15) is 11.3 Å². The third-order valence-corrected chi connectivity index (χ3v) is 5.78. The Morgan fingerprint density at radius 2 is 1.50 bits per heavy atom. The third-order valence-electron chi connectivity index (χ3n) is 5.01. The van der Waals surface area contributed by atoms with E-state index in [1.807, 2.05) is 24.3 Å². The fourth-order valence-corrected chi connectivity index (χ4v) is 3.79. The normalized spacial score (nSPS) is 11.6. The molecule has 1 amide bonds. The molecule has 0 unspecified atom stereocenters. The molecule has 3 rings (SSSR count).